The summed E-state index contributed by atoms with van der Waals surface area (Å²) in [6.07, 6.45) is -8.73. The van der Waals surface area contributed by atoms with Gasteiger partial charge in [0.25, 0.3) is 0 Å². The van der Waals surface area contributed by atoms with E-state index in [2.05, 4.69) is 68.3 Å². The van der Waals surface area contributed by atoms with Crippen molar-refractivity contribution in [1.29, 1.82) is 0 Å². The van der Waals surface area contributed by atoms with Crippen molar-refractivity contribution in [2.24, 2.45) is 21.7 Å². The number of Topliss-reactive ketones (excluding diaryl/α,β-unsaturated/α-hetero) is 4. The second-order valence-electron chi connectivity index (χ2n) is 27.9. The predicted octanol–water partition coefficient (Wildman–Crippen LogP) is 5.68. The molecule has 14 unspecified atom stereocenters. The number of aliphatic hydroxyl groups excluding tert-OH is 4. The van der Waals surface area contributed by atoms with Crippen molar-refractivity contribution >= 4 is 92.4 Å². The Bertz CT molecular complexity index is 3810. The number of phosphoric acid groups is 6. The van der Waals surface area contributed by atoms with Gasteiger partial charge in [-0.3, -0.25) is 55.5 Å². The minimum atomic E-state index is -5.51. The molecular weight excluding hydrogens is 1470 g/mol. The molecule has 46 heteroatoms. The van der Waals surface area contributed by atoms with E-state index < -0.39 is 157 Å². The smallest absolute Gasteiger partial charge is 0.386 e. The van der Waals surface area contributed by atoms with Crippen LogP contribution >= 0.6 is 46.9 Å². The number of ether oxygens (including phenoxy) is 2. The number of rotatable bonds is 39. The molecule has 0 bridgehead atoms. The zero-order valence-corrected chi connectivity index (χ0v) is 62.8. The molecule has 6 rings (SSSR count). The Morgan fingerprint density at radius 1 is 0.485 bits per heavy atom. The van der Waals surface area contributed by atoms with Crippen molar-refractivity contribution < 1.29 is 151 Å². The summed E-state index contributed by atoms with van der Waals surface area (Å²) in [7, 11) is -32.4. The SMILES string of the molecule is Cc1ncnc2c1ncn2C1OC(COP(=O)(O)OP(=O)(O)OCC(C)(C)C(O)C(=O)CCCC(=O)CCC(C)(C)C)C(OP(=O)(O)O)C1O.Cc1ncnc2c1ncn2C1OC(COP(=O)(O)OP(=O)(O)OCC(C)(C)C(O)C(=O)CCCC(=O)CCCC(C)(C)C)C(OP(=O)(O)O)C1O. The highest BCUT2D eigenvalue weighted by Gasteiger charge is 2.52. The highest BCUT2D eigenvalue weighted by Crippen LogP contribution is 2.63. The normalized spacial score (nSPS) is 23.3. The van der Waals surface area contributed by atoms with E-state index in [1.54, 1.807) is 13.8 Å². The Morgan fingerprint density at radius 3 is 1.17 bits per heavy atom. The molecule has 6 heterocycles. The van der Waals surface area contributed by atoms with Crippen LogP contribution in [0.4, 0.5) is 0 Å². The first kappa shape index (κ1) is 87.9. The fourth-order valence-corrected chi connectivity index (χ4v) is 15.7. The molecule has 0 spiro atoms. The third-order valence-corrected chi connectivity index (χ3v) is 21.8. The molecule has 101 heavy (non-hydrogen) atoms. The Balaban J connectivity index is 0.000000364. The maximum Gasteiger partial charge on any atom is 0.481 e. The first-order chi connectivity index (χ1) is 46.1. The summed E-state index contributed by atoms with van der Waals surface area (Å²) in [4.78, 5) is 152. The van der Waals surface area contributed by atoms with Crippen molar-refractivity contribution in [2.45, 2.75) is 215 Å². The number of carbonyl (C=O) groups excluding carboxylic acids is 4. The lowest BCUT2D eigenvalue weighted by Crippen LogP contribution is -2.39. The largest absolute Gasteiger partial charge is 0.481 e. The summed E-state index contributed by atoms with van der Waals surface area (Å²) in [6, 6.07) is 0. The highest BCUT2D eigenvalue weighted by atomic mass is 31.3. The zero-order valence-electron chi connectivity index (χ0n) is 57.5. The molecule has 0 aliphatic carbocycles. The van der Waals surface area contributed by atoms with Crippen LogP contribution in [-0.2, 0) is 91.8 Å². The molecular formula is C55H92N8O32P6. The van der Waals surface area contributed by atoms with E-state index in [-0.39, 0.29) is 72.2 Å². The molecule has 2 aliphatic rings. The fraction of sp³-hybridized carbons (Fsp3) is 0.745. The van der Waals surface area contributed by atoms with Crippen LogP contribution in [0.15, 0.2) is 25.3 Å². The highest BCUT2D eigenvalue weighted by molar-refractivity contribution is 7.61. The van der Waals surface area contributed by atoms with E-state index in [0.29, 0.717) is 41.7 Å². The van der Waals surface area contributed by atoms with Crippen molar-refractivity contribution in [3.63, 3.8) is 0 Å². The van der Waals surface area contributed by atoms with E-state index >= 15 is 0 Å². The van der Waals surface area contributed by atoms with E-state index in [1.165, 1.54) is 62.1 Å². The molecule has 14 atom stereocenters. The molecule has 4 aromatic heterocycles. The number of aryl methyl sites for hydroxylation is 2. The summed E-state index contributed by atoms with van der Waals surface area (Å²) in [5, 5.41) is 42.9. The van der Waals surface area contributed by atoms with Crippen LogP contribution in [0.1, 0.15) is 164 Å². The molecule has 0 aromatic carbocycles. The van der Waals surface area contributed by atoms with Gasteiger partial charge in [-0.05, 0) is 56.8 Å². The number of carbonyl (C=O) groups is 4. The van der Waals surface area contributed by atoms with E-state index in [9.17, 15) is 106 Å². The molecule has 12 N–H and O–H groups in total. The second-order valence-corrected chi connectivity index (χ2v) is 36.4. The fourth-order valence-electron chi connectivity index (χ4n) is 10.0. The summed E-state index contributed by atoms with van der Waals surface area (Å²) in [5.74, 6) is -1.32. The van der Waals surface area contributed by atoms with Gasteiger partial charge in [0, 0.05) is 49.4 Å². The topological polar surface area (TPSA) is 593 Å². The molecule has 2 fully saturated rings. The summed E-state index contributed by atoms with van der Waals surface area (Å²) in [6.45, 7) is 17.1. The monoisotopic (exact) mass is 1560 g/mol. The minimum absolute atomic E-state index is 0.00422. The number of aromatic nitrogens is 8. The third kappa shape index (κ3) is 27.9. The number of ketones is 4. The Hall–Kier alpha value is -3.72. The number of nitrogens with zero attached hydrogens (tertiary/aromatic N) is 8. The Morgan fingerprint density at radius 2 is 0.822 bits per heavy atom. The van der Waals surface area contributed by atoms with Gasteiger partial charge < -0.3 is 69.0 Å². The lowest BCUT2D eigenvalue weighted by molar-refractivity contribution is -0.135. The maximum absolute atomic E-state index is 12.7. The van der Waals surface area contributed by atoms with Gasteiger partial charge in [0.15, 0.2) is 35.3 Å². The van der Waals surface area contributed by atoms with Crippen LogP contribution < -0.4 is 0 Å². The number of fused-ring (bicyclic) bond motifs is 2. The number of hydrogen-bond acceptors (Lipinski definition) is 30. The van der Waals surface area contributed by atoms with Crippen molar-refractivity contribution in [2.75, 3.05) is 26.4 Å². The van der Waals surface area contributed by atoms with Crippen molar-refractivity contribution in [3.8, 4) is 0 Å². The van der Waals surface area contributed by atoms with Crippen LogP contribution in [0.3, 0.4) is 0 Å². The van der Waals surface area contributed by atoms with E-state index in [1.807, 2.05) is 20.8 Å². The van der Waals surface area contributed by atoms with Crippen LogP contribution in [0.5, 0.6) is 0 Å². The first-order valence-electron chi connectivity index (χ1n) is 31.3. The van der Waals surface area contributed by atoms with Crippen LogP contribution in [0.2, 0.25) is 0 Å². The molecule has 2 aliphatic heterocycles. The quantitative estimate of drug-likeness (QED) is 0.0239. The van der Waals surface area contributed by atoms with Gasteiger partial charge in [-0.2, -0.15) is 8.62 Å². The number of phosphoric ester groups is 6. The van der Waals surface area contributed by atoms with Gasteiger partial charge in [-0.15, -0.1) is 0 Å². The Kier molecular flexibility index (Phi) is 30.8. The average molecular weight is 1560 g/mol. The molecule has 0 amide bonds. The van der Waals surface area contributed by atoms with Crippen molar-refractivity contribution in [1.82, 2.24) is 39.0 Å². The lowest BCUT2D eigenvalue weighted by atomic mass is 9.83. The molecule has 0 radical (unpaired) electrons. The summed E-state index contributed by atoms with van der Waals surface area (Å²) in [5.41, 5.74) is -0.985. The molecule has 2 saturated heterocycles. The number of aliphatic hydroxyl groups is 4. The summed E-state index contributed by atoms with van der Waals surface area (Å²) >= 11 is 0. The van der Waals surface area contributed by atoms with Crippen LogP contribution in [-0.4, -0.2) is 197 Å². The minimum Gasteiger partial charge on any atom is -0.386 e. The first-order valence-corrected chi connectivity index (χ1v) is 40.4. The molecule has 40 nitrogen and oxygen atoms in total. The average Bonchev–Trinajstić information content (AvgIpc) is 1.63. The number of hydrogen-bond donors (Lipinski definition) is 12. The standard InChI is InChI=1S/C28H47N4O16P3.C27H45N4O16P3/c1-17-21-25(30-15-29-17)32(16-31-21)26-22(35)23(47-49(37,38)39)20(46-26)13-44-50(40,41)48-51(42,43)45-14-28(5,6)24(36)19(34)11-7-9-18(33)10-8-12-27(2,3)4;1-16-20-24(29-14-28-16)31(15-30-20)25-21(34)22(46-48(36,37)38)19(45-25)12-43-49(39,40)47-50(41,42)44-13-27(5,6)23(35)18(33)9-7-8-17(32)10-11-26(2,3)4/h15-16,20,22-24,26,35-36H,7-14H2,1-6H3,(H,40,41)(H,42,43)(H2,37,38,39);14-15,19,21-23,25,34-35H,7-13H2,1-6H3,(H,39,40)(H,41,42)(H2,36,37,38). The second kappa shape index (κ2) is 35.3. The predicted molar refractivity (Wildman–Crippen MR) is 348 cm³/mol. The van der Waals surface area contributed by atoms with Gasteiger partial charge in [0.05, 0.1) is 50.5 Å². The maximum atomic E-state index is 12.7. The molecule has 4 aromatic rings. The molecule has 0 saturated carbocycles. The number of imidazole rings is 2. The van der Waals surface area contributed by atoms with Gasteiger partial charge in [0.2, 0.25) is 0 Å². The van der Waals surface area contributed by atoms with E-state index in [4.69, 9.17) is 27.6 Å². The van der Waals surface area contributed by atoms with Gasteiger partial charge in [-0.25, -0.2) is 57.3 Å². The lowest BCUT2D eigenvalue weighted by Gasteiger charge is -2.30. The third-order valence-electron chi connectivity index (χ3n) is 15.6. The Labute approximate surface area is 580 Å². The zero-order chi connectivity index (χ0) is 76.5. The van der Waals surface area contributed by atoms with Crippen molar-refractivity contribution in [3.05, 3.63) is 36.7 Å². The van der Waals surface area contributed by atoms with Gasteiger partial charge in [-0.1, -0.05) is 69.2 Å². The van der Waals surface area contributed by atoms with Crippen LogP contribution in [0, 0.1) is 35.5 Å². The summed E-state index contributed by atoms with van der Waals surface area (Å²) < 4.78 is 125. The van der Waals surface area contributed by atoms with E-state index in [0.717, 1.165) is 12.8 Å². The van der Waals surface area contributed by atoms with Gasteiger partial charge in [0.1, 0.15) is 84.1 Å². The van der Waals surface area contributed by atoms with Crippen LogP contribution in [0.25, 0.3) is 22.3 Å². The molecule has 574 valence electrons. The van der Waals surface area contributed by atoms with Gasteiger partial charge >= 0.3 is 46.9 Å².